The van der Waals surface area contributed by atoms with Crippen LogP contribution in [0.15, 0.2) is 36.4 Å². The van der Waals surface area contributed by atoms with Crippen molar-refractivity contribution >= 4 is 6.08 Å². The summed E-state index contributed by atoms with van der Waals surface area (Å²) in [5.41, 5.74) is 1.22. The zero-order chi connectivity index (χ0) is 15.0. The van der Waals surface area contributed by atoms with Gasteiger partial charge in [0.1, 0.15) is 0 Å². The highest BCUT2D eigenvalue weighted by Gasteiger charge is 1.91. The monoisotopic (exact) mass is 289 g/mol. The van der Waals surface area contributed by atoms with E-state index in [-0.39, 0.29) is 0 Å². The van der Waals surface area contributed by atoms with Gasteiger partial charge >= 0.3 is 0 Å². The first-order valence-corrected chi connectivity index (χ1v) is 8.43. The van der Waals surface area contributed by atoms with Crippen LogP contribution in [0.1, 0.15) is 51.0 Å². The first-order valence-electron chi connectivity index (χ1n) is 8.43. The third-order valence-electron chi connectivity index (χ3n) is 3.45. The second-order valence-corrected chi connectivity index (χ2v) is 5.41. The van der Waals surface area contributed by atoms with Gasteiger partial charge in [-0.3, -0.25) is 0 Å². The van der Waals surface area contributed by atoms with Gasteiger partial charge in [-0.15, -0.1) is 0 Å². The third kappa shape index (κ3) is 11.2. The molecule has 2 nitrogen and oxygen atoms in total. The van der Waals surface area contributed by atoms with Crippen molar-refractivity contribution in [1.29, 1.82) is 0 Å². The molecule has 0 spiro atoms. The number of hydrogen-bond donors (Lipinski definition) is 1. The van der Waals surface area contributed by atoms with E-state index in [0.29, 0.717) is 6.61 Å². The van der Waals surface area contributed by atoms with E-state index in [2.05, 4.69) is 36.5 Å². The molecular formula is C19H31NO. The molecule has 0 aliphatic rings. The van der Waals surface area contributed by atoms with E-state index in [1.54, 1.807) is 0 Å². The van der Waals surface area contributed by atoms with Crippen LogP contribution in [0.4, 0.5) is 0 Å². The molecule has 0 bridgehead atoms. The molecule has 1 aromatic rings. The van der Waals surface area contributed by atoms with Crippen molar-refractivity contribution in [2.24, 2.45) is 0 Å². The zero-order valence-corrected chi connectivity index (χ0v) is 13.5. The predicted octanol–water partition coefficient (Wildman–Crippen LogP) is 4.67. The van der Waals surface area contributed by atoms with Crippen molar-refractivity contribution in [1.82, 2.24) is 5.32 Å². The van der Waals surface area contributed by atoms with Crippen LogP contribution in [0.5, 0.6) is 0 Å². The van der Waals surface area contributed by atoms with Crippen molar-refractivity contribution in [2.75, 3.05) is 26.3 Å². The van der Waals surface area contributed by atoms with Gasteiger partial charge in [0.2, 0.25) is 0 Å². The van der Waals surface area contributed by atoms with Crippen LogP contribution in [-0.2, 0) is 4.74 Å². The van der Waals surface area contributed by atoms with Crippen molar-refractivity contribution < 1.29 is 4.74 Å². The zero-order valence-electron chi connectivity index (χ0n) is 13.5. The van der Waals surface area contributed by atoms with Gasteiger partial charge in [-0.05, 0) is 18.5 Å². The fraction of sp³-hybridized carbons (Fsp3) is 0.579. The standard InChI is InChI=1S/C19H31NO/c1-2-3-4-5-6-10-15-20-16-18-21-17-11-14-19-12-8-7-9-13-19/h7-9,11-14,20H,2-6,10,15-18H2,1H3. The second kappa shape index (κ2) is 13.8. The summed E-state index contributed by atoms with van der Waals surface area (Å²) < 4.78 is 5.57. The minimum absolute atomic E-state index is 0.688. The summed E-state index contributed by atoms with van der Waals surface area (Å²) in [7, 11) is 0. The molecule has 0 saturated heterocycles. The summed E-state index contributed by atoms with van der Waals surface area (Å²) in [6.07, 6.45) is 12.3. The Bertz CT molecular complexity index is 348. The van der Waals surface area contributed by atoms with Crippen LogP contribution >= 0.6 is 0 Å². The molecule has 1 rings (SSSR count). The van der Waals surface area contributed by atoms with Crippen molar-refractivity contribution in [3.05, 3.63) is 42.0 Å². The van der Waals surface area contributed by atoms with Gasteiger partial charge in [-0.25, -0.2) is 0 Å². The molecule has 118 valence electrons. The minimum atomic E-state index is 0.688. The first-order chi connectivity index (χ1) is 10.4. The molecule has 0 aliphatic carbocycles. The smallest absolute Gasteiger partial charge is 0.0651 e. The molecule has 0 aromatic heterocycles. The Kier molecular flexibility index (Phi) is 11.8. The van der Waals surface area contributed by atoms with Gasteiger partial charge in [-0.2, -0.15) is 0 Å². The Morgan fingerprint density at radius 2 is 1.71 bits per heavy atom. The highest BCUT2D eigenvalue weighted by molar-refractivity contribution is 5.48. The van der Waals surface area contributed by atoms with E-state index < -0.39 is 0 Å². The van der Waals surface area contributed by atoms with Crippen LogP contribution in [0.2, 0.25) is 0 Å². The van der Waals surface area contributed by atoms with Crippen LogP contribution in [0, 0.1) is 0 Å². The molecule has 1 aromatic carbocycles. The van der Waals surface area contributed by atoms with E-state index in [1.807, 2.05) is 18.2 Å². The van der Waals surface area contributed by atoms with Gasteiger partial charge in [-0.1, -0.05) is 81.5 Å². The highest BCUT2D eigenvalue weighted by Crippen LogP contribution is 2.04. The normalized spacial score (nSPS) is 11.3. The number of unbranched alkanes of at least 4 members (excludes halogenated alkanes) is 5. The van der Waals surface area contributed by atoms with Gasteiger partial charge < -0.3 is 10.1 Å². The second-order valence-electron chi connectivity index (χ2n) is 5.41. The molecule has 0 heterocycles. The quantitative estimate of drug-likeness (QED) is 0.533. The molecule has 1 N–H and O–H groups in total. The topological polar surface area (TPSA) is 21.3 Å². The summed E-state index contributed by atoms with van der Waals surface area (Å²) in [6, 6.07) is 10.3. The molecule has 21 heavy (non-hydrogen) atoms. The first kappa shape index (κ1) is 17.9. The van der Waals surface area contributed by atoms with Crippen molar-refractivity contribution in [3.8, 4) is 0 Å². The number of nitrogens with one attached hydrogen (secondary N) is 1. The molecule has 0 unspecified atom stereocenters. The summed E-state index contributed by atoms with van der Waals surface area (Å²) in [6.45, 7) is 5.81. The van der Waals surface area contributed by atoms with Gasteiger partial charge in [0.25, 0.3) is 0 Å². The minimum Gasteiger partial charge on any atom is -0.376 e. The van der Waals surface area contributed by atoms with Gasteiger partial charge in [0, 0.05) is 6.54 Å². The summed E-state index contributed by atoms with van der Waals surface area (Å²) in [5, 5.41) is 3.44. The third-order valence-corrected chi connectivity index (χ3v) is 3.45. The lowest BCUT2D eigenvalue weighted by molar-refractivity contribution is 0.164. The maximum absolute atomic E-state index is 5.57. The maximum Gasteiger partial charge on any atom is 0.0651 e. The Morgan fingerprint density at radius 3 is 2.52 bits per heavy atom. The summed E-state index contributed by atoms with van der Waals surface area (Å²) >= 11 is 0. The van der Waals surface area contributed by atoms with Gasteiger partial charge in [0.05, 0.1) is 13.2 Å². The number of rotatable bonds is 13. The maximum atomic E-state index is 5.57. The lowest BCUT2D eigenvalue weighted by atomic mass is 10.1. The Balaban J connectivity index is 1.82. The van der Waals surface area contributed by atoms with E-state index >= 15 is 0 Å². The Morgan fingerprint density at radius 1 is 0.952 bits per heavy atom. The van der Waals surface area contributed by atoms with E-state index in [0.717, 1.165) is 19.7 Å². The van der Waals surface area contributed by atoms with Crippen LogP contribution in [-0.4, -0.2) is 26.3 Å². The number of ether oxygens (including phenoxy) is 1. The molecule has 0 fully saturated rings. The molecule has 0 aliphatic heterocycles. The fourth-order valence-corrected chi connectivity index (χ4v) is 2.20. The highest BCUT2D eigenvalue weighted by atomic mass is 16.5. The fourth-order valence-electron chi connectivity index (χ4n) is 2.20. The molecule has 2 heteroatoms. The van der Waals surface area contributed by atoms with E-state index in [9.17, 15) is 0 Å². The molecule has 0 atom stereocenters. The van der Waals surface area contributed by atoms with Crippen LogP contribution in [0.25, 0.3) is 6.08 Å². The molecular weight excluding hydrogens is 258 g/mol. The van der Waals surface area contributed by atoms with Crippen LogP contribution < -0.4 is 5.32 Å². The van der Waals surface area contributed by atoms with E-state index in [1.165, 1.54) is 44.1 Å². The number of hydrogen-bond acceptors (Lipinski definition) is 2. The summed E-state index contributed by atoms with van der Waals surface area (Å²) in [5.74, 6) is 0. The SMILES string of the molecule is CCCCCCCCNCCOCC=Cc1ccccc1. The average molecular weight is 289 g/mol. The molecule has 0 amide bonds. The Labute approximate surface area is 130 Å². The van der Waals surface area contributed by atoms with Crippen LogP contribution in [0.3, 0.4) is 0 Å². The predicted molar refractivity (Wildman–Crippen MR) is 92.5 cm³/mol. The van der Waals surface area contributed by atoms with Crippen molar-refractivity contribution in [2.45, 2.75) is 45.4 Å². The number of benzene rings is 1. The largest absolute Gasteiger partial charge is 0.376 e. The molecule has 0 radical (unpaired) electrons. The lowest BCUT2D eigenvalue weighted by Gasteiger charge is -2.05. The van der Waals surface area contributed by atoms with E-state index in [4.69, 9.17) is 4.74 Å². The van der Waals surface area contributed by atoms with Gasteiger partial charge in [0.15, 0.2) is 0 Å². The Hall–Kier alpha value is -1.12. The summed E-state index contributed by atoms with van der Waals surface area (Å²) in [4.78, 5) is 0. The van der Waals surface area contributed by atoms with Crippen molar-refractivity contribution in [3.63, 3.8) is 0 Å². The molecule has 0 saturated carbocycles. The average Bonchev–Trinajstić information content (AvgIpc) is 2.53. The lowest BCUT2D eigenvalue weighted by Crippen LogP contribution is -2.20.